The van der Waals surface area contributed by atoms with Crippen LogP contribution in [0, 0.1) is 0 Å². The number of nitrogens with zero attached hydrogens (tertiary/aromatic N) is 1. The number of carbonyl (C=O) groups is 1. The van der Waals surface area contributed by atoms with Crippen LogP contribution in [0.2, 0.25) is 10.0 Å². The normalized spacial score (nSPS) is 10.8. The minimum Gasteiger partial charge on any atom is -0.399 e. The molecule has 4 N–H and O–H groups in total. The molecule has 2 rings (SSSR count). The van der Waals surface area contributed by atoms with Crippen molar-refractivity contribution in [3.8, 4) is 0 Å². The van der Waals surface area contributed by atoms with Crippen LogP contribution in [0.3, 0.4) is 0 Å². The maximum absolute atomic E-state index is 12.3. The molecule has 0 atom stereocenters. The predicted molar refractivity (Wildman–Crippen MR) is 98.3 cm³/mol. The van der Waals surface area contributed by atoms with Crippen molar-refractivity contribution in [2.24, 2.45) is 0 Å². The average molecular weight is 368 g/mol. The molecule has 0 aliphatic rings. The van der Waals surface area contributed by atoms with Crippen LogP contribution in [-0.4, -0.2) is 35.6 Å². The van der Waals surface area contributed by atoms with E-state index >= 15 is 0 Å². The van der Waals surface area contributed by atoms with E-state index in [1.54, 1.807) is 0 Å². The number of carbonyl (C=O) groups excluding carboxylic acids is 1. The molecule has 7 heteroatoms. The van der Waals surface area contributed by atoms with Crippen LogP contribution in [0.15, 0.2) is 42.5 Å². The Balaban J connectivity index is 2.03. The monoisotopic (exact) mass is 367 g/mol. The van der Waals surface area contributed by atoms with Crippen molar-refractivity contribution in [2.75, 3.05) is 30.7 Å². The zero-order valence-electron chi connectivity index (χ0n) is 13.0. The number of benzene rings is 2. The van der Waals surface area contributed by atoms with Gasteiger partial charge in [0.2, 0.25) is 5.91 Å². The molecule has 0 saturated carbocycles. The molecule has 24 heavy (non-hydrogen) atoms. The topological polar surface area (TPSA) is 78.6 Å². The Bertz CT molecular complexity index is 672. The molecule has 0 saturated heterocycles. The van der Waals surface area contributed by atoms with Crippen LogP contribution < -0.4 is 11.1 Å². The summed E-state index contributed by atoms with van der Waals surface area (Å²) >= 11 is 12.1. The van der Waals surface area contributed by atoms with Crippen molar-refractivity contribution in [2.45, 2.75) is 6.54 Å². The van der Waals surface area contributed by atoms with Crippen molar-refractivity contribution in [3.05, 3.63) is 58.1 Å². The van der Waals surface area contributed by atoms with Gasteiger partial charge in [-0.15, -0.1) is 0 Å². The van der Waals surface area contributed by atoms with Crippen LogP contribution in [-0.2, 0) is 11.3 Å². The van der Waals surface area contributed by atoms with Gasteiger partial charge in [0.15, 0.2) is 0 Å². The Hall–Kier alpha value is -1.79. The summed E-state index contributed by atoms with van der Waals surface area (Å²) < 4.78 is 0. The fraction of sp³-hybridized carbons (Fsp3) is 0.235. The molecule has 0 radical (unpaired) electrons. The maximum Gasteiger partial charge on any atom is 0.238 e. The summed E-state index contributed by atoms with van der Waals surface area (Å²) in [6.07, 6.45) is 0. The molecule has 2 aromatic rings. The van der Waals surface area contributed by atoms with Gasteiger partial charge < -0.3 is 16.2 Å². The minimum atomic E-state index is -0.270. The summed E-state index contributed by atoms with van der Waals surface area (Å²) in [5.41, 5.74) is 7.46. The van der Waals surface area contributed by atoms with Crippen molar-refractivity contribution in [1.82, 2.24) is 4.90 Å². The van der Waals surface area contributed by atoms with E-state index in [2.05, 4.69) is 5.32 Å². The van der Waals surface area contributed by atoms with E-state index in [0.717, 1.165) is 5.56 Å². The second-order valence-electron chi connectivity index (χ2n) is 5.33. The highest BCUT2D eigenvalue weighted by Crippen LogP contribution is 2.32. The number of hydrogen-bond acceptors (Lipinski definition) is 4. The number of aliphatic hydroxyl groups excluding tert-OH is 1. The zero-order valence-corrected chi connectivity index (χ0v) is 14.5. The van der Waals surface area contributed by atoms with E-state index in [-0.39, 0.29) is 29.1 Å². The molecular weight excluding hydrogens is 349 g/mol. The number of rotatable bonds is 7. The first kappa shape index (κ1) is 18.5. The van der Waals surface area contributed by atoms with Crippen molar-refractivity contribution < 1.29 is 9.90 Å². The summed E-state index contributed by atoms with van der Waals surface area (Å²) in [7, 11) is 0. The third kappa shape index (κ3) is 5.39. The molecule has 128 valence electrons. The van der Waals surface area contributed by atoms with Gasteiger partial charge in [-0.05, 0) is 17.7 Å². The fourth-order valence-corrected chi connectivity index (χ4v) is 2.89. The Labute approximate surface area is 151 Å². The van der Waals surface area contributed by atoms with E-state index in [1.165, 1.54) is 12.1 Å². The van der Waals surface area contributed by atoms with Gasteiger partial charge in [-0.1, -0.05) is 53.5 Å². The highest BCUT2D eigenvalue weighted by atomic mass is 35.5. The lowest BCUT2D eigenvalue weighted by Gasteiger charge is -2.21. The number of anilines is 2. The summed E-state index contributed by atoms with van der Waals surface area (Å²) in [6.45, 7) is 1.000. The van der Waals surface area contributed by atoms with Gasteiger partial charge in [0.25, 0.3) is 0 Å². The van der Waals surface area contributed by atoms with Gasteiger partial charge in [0, 0.05) is 18.8 Å². The fourth-order valence-electron chi connectivity index (χ4n) is 2.29. The van der Waals surface area contributed by atoms with Crippen LogP contribution in [0.1, 0.15) is 5.56 Å². The summed E-state index contributed by atoms with van der Waals surface area (Å²) in [4.78, 5) is 14.1. The van der Waals surface area contributed by atoms with E-state index in [1.807, 2.05) is 35.2 Å². The highest BCUT2D eigenvalue weighted by Gasteiger charge is 2.15. The molecule has 0 aliphatic heterocycles. The maximum atomic E-state index is 12.3. The van der Waals surface area contributed by atoms with Gasteiger partial charge >= 0.3 is 0 Å². The zero-order chi connectivity index (χ0) is 17.5. The second kappa shape index (κ2) is 8.89. The van der Waals surface area contributed by atoms with Gasteiger partial charge in [-0.2, -0.15) is 0 Å². The summed E-state index contributed by atoms with van der Waals surface area (Å²) in [6, 6.07) is 12.8. The molecule has 0 aromatic heterocycles. The molecule has 0 fully saturated rings. The molecule has 0 spiro atoms. The minimum absolute atomic E-state index is 0.0382. The number of hydrogen-bond donors (Lipinski definition) is 3. The van der Waals surface area contributed by atoms with E-state index < -0.39 is 0 Å². The number of aliphatic hydroxyl groups is 1. The number of halogens is 2. The summed E-state index contributed by atoms with van der Waals surface area (Å²) in [5.74, 6) is -0.270. The molecule has 0 aliphatic carbocycles. The molecule has 5 nitrogen and oxygen atoms in total. The van der Waals surface area contributed by atoms with E-state index in [4.69, 9.17) is 28.9 Å². The van der Waals surface area contributed by atoms with Crippen molar-refractivity contribution in [3.63, 3.8) is 0 Å². The molecule has 1 amide bonds. The SMILES string of the molecule is Nc1cc(Cl)c(NC(=O)CN(CCO)Cc2ccccc2)c(Cl)c1. The van der Waals surface area contributed by atoms with E-state index in [0.29, 0.717) is 24.5 Å². The van der Waals surface area contributed by atoms with Gasteiger partial charge in [-0.25, -0.2) is 0 Å². The molecule has 0 bridgehead atoms. The largest absolute Gasteiger partial charge is 0.399 e. The molecular formula is C17H19Cl2N3O2. The number of nitrogens with two attached hydrogens (primary N) is 1. The Morgan fingerprint density at radius 1 is 1.17 bits per heavy atom. The first-order valence-corrected chi connectivity index (χ1v) is 8.16. The van der Waals surface area contributed by atoms with Crippen LogP contribution in [0.5, 0.6) is 0 Å². The van der Waals surface area contributed by atoms with Crippen LogP contribution in [0.25, 0.3) is 0 Å². The Kier molecular flexibility index (Phi) is 6.87. The van der Waals surface area contributed by atoms with Gasteiger partial charge in [0.05, 0.1) is 28.9 Å². The first-order valence-electron chi connectivity index (χ1n) is 7.41. The molecule has 0 unspecified atom stereocenters. The number of amides is 1. The number of nitrogens with one attached hydrogen (secondary N) is 1. The standard InChI is InChI=1S/C17H19Cl2N3O2/c18-14-8-13(20)9-15(19)17(14)21-16(24)11-22(6-7-23)10-12-4-2-1-3-5-12/h1-5,8-9,23H,6-7,10-11,20H2,(H,21,24). The van der Waals surface area contributed by atoms with E-state index in [9.17, 15) is 9.90 Å². The first-order chi connectivity index (χ1) is 11.5. The highest BCUT2D eigenvalue weighted by molar-refractivity contribution is 6.40. The smallest absolute Gasteiger partial charge is 0.238 e. The predicted octanol–water partition coefficient (Wildman–Crippen LogP) is 3.01. The lowest BCUT2D eigenvalue weighted by atomic mass is 10.2. The van der Waals surface area contributed by atoms with Crippen LogP contribution in [0.4, 0.5) is 11.4 Å². The third-order valence-corrected chi connectivity index (χ3v) is 3.96. The molecule has 2 aromatic carbocycles. The third-order valence-electron chi connectivity index (χ3n) is 3.36. The second-order valence-corrected chi connectivity index (χ2v) is 6.14. The lowest BCUT2D eigenvalue weighted by Crippen LogP contribution is -2.35. The summed E-state index contributed by atoms with van der Waals surface area (Å²) in [5, 5.41) is 12.5. The molecule has 0 heterocycles. The van der Waals surface area contributed by atoms with Crippen molar-refractivity contribution in [1.29, 1.82) is 0 Å². The number of nitrogen functional groups attached to an aromatic ring is 1. The van der Waals surface area contributed by atoms with Gasteiger partial charge in [0.1, 0.15) is 0 Å². The lowest BCUT2D eigenvalue weighted by molar-refractivity contribution is -0.117. The van der Waals surface area contributed by atoms with Gasteiger partial charge in [-0.3, -0.25) is 9.69 Å². The average Bonchev–Trinajstić information content (AvgIpc) is 2.52. The quantitative estimate of drug-likeness (QED) is 0.657. The van der Waals surface area contributed by atoms with Crippen molar-refractivity contribution >= 4 is 40.5 Å². The Morgan fingerprint density at radius 2 is 1.79 bits per heavy atom. The van der Waals surface area contributed by atoms with Crippen LogP contribution >= 0.6 is 23.2 Å². The Morgan fingerprint density at radius 3 is 2.38 bits per heavy atom.